The largest absolute Gasteiger partial charge is 0.483 e. The fourth-order valence-corrected chi connectivity index (χ4v) is 2.85. The van der Waals surface area contributed by atoms with E-state index in [1.165, 1.54) is 0 Å². The maximum absolute atomic E-state index is 12.6. The Labute approximate surface area is 181 Å². The highest BCUT2D eigenvalue weighted by Crippen LogP contribution is 2.21. The molecule has 0 spiro atoms. The van der Waals surface area contributed by atoms with E-state index in [0.717, 1.165) is 16.7 Å². The molecule has 7 nitrogen and oxygen atoms in total. The first-order valence-corrected chi connectivity index (χ1v) is 9.78. The highest BCUT2D eigenvalue weighted by Gasteiger charge is 2.14. The lowest BCUT2D eigenvalue weighted by molar-refractivity contribution is -0.118. The van der Waals surface area contributed by atoms with Crippen LogP contribution in [0, 0.1) is 13.8 Å². The number of carbonyl (C=O) groups is 2. The first-order valence-electron chi connectivity index (χ1n) is 9.78. The number of aryl methyl sites for hydroxylation is 1. The van der Waals surface area contributed by atoms with E-state index in [9.17, 15) is 9.59 Å². The Hall–Kier alpha value is -4.00. The molecule has 1 aromatic heterocycles. The second-order valence-corrected chi connectivity index (χ2v) is 6.95. The zero-order chi connectivity index (χ0) is 22.2. The molecule has 0 unspecified atom stereocenters. The summed E-state index contributed by atoms with van der Waals surface area (Å²) in [5.74, 6) is -0.139. The molecule has 2 N–H and O–H groups in total. The maximum atomic E-state index is 12.6. The van der Waals surface area contributed by atoms with Crippen LogP contribution in [0.1, 0.15) is 34.0 Å². The van der Waals surface area contributed by atoms with Gasteiger partial charge in [0.15, 0.2) is 6.61 Å². The van der Waals surface area contributed by atoms with E-state index < -0.39 is 5.91 Å². The number of hydrazone groups is 1. The molecule has 0 bridgehead atoms. The number of nitrogens with zero attached hydrogens (tertiary/aromatic N) is 2. The summed E-state index contributed by atoms with van der Waals surface area (Å²) in [4.78, 5) is 29.0. The van der Waals surface area contributed by atoms with Gasteiger partial charge in [0.2, 0.25) is 0 Å². The van der Waals surface area contributed by atoms with E-state index in [1.807, 2.05) is 32.0 Å². The number of aromatic nitrogens is 1. The van der Waals surface area contributed by atoms with Gasteiger partial charge >= 0.3 is 0 Å². The van der Waals surface area contributed by atoms with Gasteiger partial charge in [0, 0.05) is 18.0 Å². The van der Waals surface area contributed by atoms with Crippen LogP contribution in [-0.4, -0.2) is 29.1 Å². The number of amides is 2. The van der Waals surface area contributed by atoms with Crippen molar-refractivity contribution in [2.75, 3.05) is 11.9 Å². The van der Waals surface area contributed by atoms with Gasteiger partial charge in [0.05, 0.1) is 17.0 Å². The molecule has 3 rings (SSSR count). The fraction of sp³-hybridized carbons (Fsp3) is 0.167. The molecule has 7 heteroatoms. The molecule has 0 aliphatic carbocycles. The van der Waals surface area contributed by atoms with Crippen LogP contribution in [0.4, 0.5) is 5.69 Å². The van der Waals surface area contributed by atoms with Gasteiger partial charge in [-0.3, -0.25) is 14.6 Å². The maximum Gasteiger partial charge on any atom is 0.273 e. The molecule has 2 amide bonds. The number of nitrogens with one attached hydrogen (secondary N) is 2. The van der Waals surface area contributed by atoms with Crippen molar-refractivity contribution in [3.05, 3.63) is 89.2 Å². The predicted molar refractivity (Wildman–Crippen MR) is 120 cm³/mol. The molecular formula is C24H24N4O3. The van der Waals surface area contributed by atoms with E-state index in [1.54, 1.807) is 55.7 Å². The van der Waals surface area contributed by atoms with Crippen LogP contribution >= 0.6 is 0 Å². The van der Waals surface area contributed by atoms with Gasteiger partial charge < -0.3 is 10.1 Å². The third-order valence-corrected chi connectivity index (χ3v) is 4.78. The van der Waals surface area contributed by atoms with Crippen LogP contribution in [0.5, 0.6) is 5.75 Å². The van der Waals surface area contributed by atoms with Crippen LogP contribution in [0.15, 0.2) is 72.1 Å². The molecule has 0 radical (unpaired) electrons. The zero-order valence-electron chi connectivity index (χ0n) is 17.7. The lowest BCUT2D eigenvalue weighted by Gasteiger charge is -2.13. The Balaban J connectivity index is 1.65. The molecule has 1 heterocycles. The Bertz CT molecular complexity index is 1110. The SMILES string of the molecule is CC(=NNC(=O)c1ccccc1NC(=O)COc1cccc(C)c1C)c1ccncc1. The Kier molecular flexibility index (Phi) is 7.11. The number of pyridine rings is 1. The molecule has 0 saturated heterocycles. The summed E-state index contributed by atoms with van der Waals surface area (Å²) < 4.78 is 5.64. The van der Waals surface area contributed by atoms with Gasteiger partial charge in [-0.05, 0) is 62.2 Å². The minimum absolute atomic E-state index is 0.167. The molecule has 3 aromatic rings. The second-order valence-electron chi connectivity index (χ2n) is 6.95. The van der Waals surface area contributed by atoms with Gasteiger partial charge in [-0.15, -0.1) is 0 Å². The first kappa shape index (κ1) is 21.7. The molecule has 31 heavy (non-hydrogen) atoms. The molecule has 0 fully saturated rings. The molecule has 0 aliphatic heterocycles. The molecule has 158 valence electrons. The lowest BCUT2D eigenvalue weighted by Crippen LogP contribution is -2.24. The topological polar surface area (TPSA) is 92.7 Å². The number of benzene rings is 2. The van der Waals surface area contributed by atoms with Crippen LogP contribution in [0.3, 0.4) is 0 Å². The van der Waals surface area contributed by atoms with Crippen molar-refractivity contribution in [3.8, 4) is 5.75 Å². The normalized spacial score (nSPS) is 11.0. The first-order chi connectivity index (χ1) is 15.0. The summed E-state index contributed by atoms with van der Waals surface area (Å²) in [6, 6.07) is 16.0. The number of hydrogen-bond acceptors (Lipinski definition) is 5. The molecular weight excluding hydrogens is 392 g/mol. The average molecular weight is 416 g/mol. The Morgan fingerprint density at radius 1 is 1.00 bits per heavy atom. The summed E-state index contributed by atoms with van der Waals surface area (Å²) >= 11 is 0. The number of anilines is 1. The van der Waals surface area contributed by atoms with Gasteiger partial charge in [-0.1, -0.05) is 24.3 Å². The lowest BCUT2D eigenvalue weighted by atomic mass is 10.1. The predicted octanol–water partition coefficient (Wildman–Crippen LogP) is 3.87. The molecule has 2 aromatic carbocycles. The third kappa shape index (κ3) is 5.76. The monoisotopic (exact) mass is 416 g/mol. The summed E-state index contributed by atoms with van der Waals surface area (Å²) in [7, 11) is 0. The third-order valence-electron chi connectivity index (χ3n) is 4.78. The van der Waals surface area contributed by atoms with E-state index in [4.69, 9.17) is 4.74 Å². The van der Waals surface area contributed by atoms with Gasteiger partial charge in [-0.25, -0.2) is 5.43 Å². The average Bonchev–Trinajstić information content (AvgIpc) is 2.79. The highest BCUT2D eigenvalue weighted by molar-refractivity contribution is 6.05. The van der Waals surface area contributed by atoms with Crippen molar-refractivity contribution in [1.82, 2.24) is 10.4 Å². The summed E-state index contributed by atoms with van der Waals surface area (Å²) in [5.41, 5.74) is 6.76. The van der Waals surface area contributed by atoms with Crippen LogP contribution in [-0.2, 0) is 4.79 Å². The van der Waals surface area contributed by atoms with Crippen molar-refractivity contribution >= 4 is 23.2 Å². The Morgan fingerprint density at radius 3 is 2.52 bits per heavy atom. The van der Waals surface area contributed by atoms with Crippen LogP contribution in [0.25, 0.3) is 0 Å². The highest BCUT2D eigenvalue weighted by atomic mass is 16.5. The number of carbonyl (C=O) groups excluding carboxylic acids is 2. The number of rotatable bonds is 7. The van der Waals surface area contributed by atoms with Gasteiger partial charge in [-0.2, -0.15) is 5.10 Å². The molecule has 0 aliphatic rings. The van der Waals surface area contributed by atoms with Crippen molar-refractivity contribution in [2.24, 2.45) is 5.10 Å². The fourth-order valence-electron chi connectivity index (χ4n) is 2.85. The summed E-state index contributed by atoms with van der Waals surface area (Å²) in [6.45, 7) is 5.54. The smallest absolute Gasteiger partial charge is 0.273 e. The minimum Gasteiger partial charge on any atom is -0.483 e. The molecule has 0 saturated carbocycles. The summed E-state index contributed by atoms with van der Waals surface area (Å²) in [5, 5.41) is 6.87. The Morgan fingerprint density at radius 2 is 1.74 bits per heavy atom. The van der Waals surface area contributed by atoms with E-state index in [2.05, 4.69) is 20.8 Å². The van der Waals surface area contributed by atoms with Crippen molar-refractivity contribution in [2.45, 2.75) is 20.8 Å². The second kappa shape index (κ2) is 10.2. The quantitative estimate of drug-likeness (QED) is 0.452. The van der Waals surface area contributed by atoms with E-state index in [-0.39, 0.29) is 12.5 Å². The number of para-hydroxylation sites is 1. The van der Waals surface area contributed by atoms with Crippen molar-refractivity contribution < 1.29 is 14.3 Å². The standard InChI is InChI=1S/C24H24N4O3/c1-16-7-6-10-22(17(16)2)31-15-23(29)26-21-9-5-4-8-20(21)24(30)28-27-18(3)19-11-13-25-14-12-19/h4-14H,15H2,1-3H3,(H,26,29)(H,28,30). The van der Waals surface area contributed by atoms with Crippen molar-refractivity contribution in [3.63, 3.8) is 0 Å². The van der Waals surface area contributed by atoms with Crippen molar-refractivity contribution in [1.29, 1.82) is 0 Å². The van der Waals surface area contributed by atoms with Gasteiger partial charge in [0.1, 0.15) is 5.75 Å². The van der Waals surface area contributed by atoms with Crippen LogP contribution in [0.2, 0.25) is 0 Å². The van der Waals surface area contributed by atoms with Gasteiger partial charge in [0.25, 0.3) is 11.8 Å². The zero-order valence-corrected chi connectivity index (χ0v) is 17.7. The molecule has 0 atom stereocenters. The van der Waals surface area contributed by atoms with E-state index >= 15 is 0 Å². The van der Waals surface area contributed by atoms with Crippen LogP contribution < -0.4 is 15.5 Å². The van der Waals surface area contributed by atoms with E-state index in [0.29, 0.717) is 22.7 Å². The number of hydrogen-bond donors (Lipinski definition) is 2. The minimum atomic E-state index is -0.431. The summed E-state index contributed by atoms with van der Waals surface area (Å²) in [6.07, 6.45) is 3.31. The number of ether oxygens (including phenoxy) is 1.